The molecule has 0 saturated carbocycles. The van der Waals surface area contributed by atoms with Gasteiger partial charge in [0.15, 0.2) is 3.95 Å². The molecule has 94 valence electrons. The topological polar surface area (TPSA) is 44.4 Å². The van der Waals surface area contributed by atoms with Crippen LogP contribution < -0.4 is 4.90 Å². The van der Waals surface area contributed by atoms with Crippen molar-refractivity contribution in [3.63, 3.8) is 0 Å². The highest BCUT2D eigenvalue weighted by Gasteiger charge is 2.29. The van der Waals surface area contributed by atoms with E-state index in [-0.39, 0.29) is 0 Å². The molecule has 0 aliphatic carbocycles. The highest BCUT2D eigenvalue weighted by atomic mass is 32.1. The number of aromatic amines is 1. The van der Waals surface area contributed by atoms with Crippen LogP contribution in [0.2, 0.25) is 0 Å². The average molecular weight is 272 g/mol. The first kappa shape index (κ1) is 11.6. The first-order chi connectivity index (χ1) is 8.33. The predicted molar refractivity (Wildman–Crippen MR) is 70.3 cm³/mol. The molecule has 0 bridgehead atoms. The minimum Gasteiger partial charge on any atom is -0.379 e. The van der Waals surface area contributed by atoms with Crippen molar-refractivity contribution >= 4 is 28.7 Å². The van der Waals surface area contributed by atoms with E-state index in [0.717, 1.165) is 48.5 Å². The number of morpholine rings is 1. The Bertz CT molecular complexity index is 426. The zero-order valence-electron chi connectivity index (χ0n) is 9.59. The van der Waals surface area contributed by atoms with Crippen molar-refractivity contribution in [1.29, 1.82) is 0 Å². The summed E-state index contributed by atoms with van der Waals surface area (Å²) in [6.45, 7) is 6.02. The van der Waals surface area contributed by atoms with Crippen LogP contribution in [0.25, 0.3) is 0 Å². The molecule has 0 radical (unpaired) electrons. The lowest BCUT2D eigenvalue weighted by atomic mass is 10.2. The summed E-state index contributed by atoms with van der Waals surface area (Å²) >= 11 is 6.63. The maximum Gasteiger partial charge on any atom is 0.206 e. The minimum atomic E-state index is 0.649. The van der Waals surface area contributed by atoms with Crippen LogP contribution in [0.4, 0.5) is 5.13 Å². The van der Waals surface area contributed by atoms with Gasteiger partial charge in [-0.1, -0.05) is 11.3 Å². The van der Waals surface area contributed by atoms with Crippen LogP contribution in [0.3, 0.4) is 0 Å². The Kier molecular flexibility index (Phi) is 3.41. The fraction of sp³-hybridized carbons (Fsp3) is 0.800. The molecule has 2 fully saturated rings. The standard InChI is InChI=1S/C10H16N4OS2/c16-10-12-11-9(17-10)14-2-1-8(7-14)13-3-5-15-6-4-13/h8H,1-7H2,(H,12,16). The number of nitrogens with zero attached hydrogens (tertiary/aromatic N) is 3. The molecule has 0 spiro atoms. The predicted octanol–water partition coefficient (Wildman–Crippen LogP) is 1.11. The summed E-state index contributed by atoms with van der Waals surface area (Å²) in [6, 6.07) is 0.649. The van der Waals surface area contributed by atoms with Gasteiger partial charge < -0.3 is 9.64 Å². The highest BCUT2D eigenvalue weighted by molar-refractivity contribution is 7.73. The summed E-state index contributed by atoms with van der Waals surface area (Å²) in [5, 5.41) is 8.13. The molecule has 3 rings (SSSR count). The number of nitrogens with one attached hydrogen (secondary N) is 1. The molecule has 1 aromatic heterocycles. The molecule has 2 saturated heterocycles. The van der Waals surface area contributed by atoms with Crippen LogP contribution in [0.15, 0.2) is 0 Å². The first-order valence-electron chi connectivity index (χ1n) is 5.95. The van der Waals surface area contributed by atoms with Crippen LogP contribution in [0.1, 0.15) is 6.42 Å². The lowest BCUT2D eigenvalue weighted by molar-refractivity contribution is 0.0209. The SMILES string of the molecule is S=c1[nH]nc(N2CCC(N3CCOCC3)C2)s1. The molecule has 0 amide bonds. The van der Waals surface area contributed by atoms with Gasteiger partial charge in [-0.05, 0) is 18.6 Å². The Labute approximate surface area is 109 Å². The fourth-order valence-corrected chi connectivity index (χ4v) is 3.43. The lowest BCUT2D eigenvalue weighted by Crippen LogP contribution is -2.44. The van der Waals surface area contributed by atoms with Gasteiger partial charge >= 0.3 is 0 Å². The molecule has 1 N–H and O–H groups in total. The number of hydrogen-bond donors (Lipinski definition) is 1. The summed E-state index contributed by atoms with van der Waals surface area (Å²) in [7, 11) is 0. The number of aromatic nitrogens is 2. The lowest BCUT2D eigenvalue weighted by Gasteiger charge is -2.31. The van der Waals surface area contributed by atoms with E-state index in [0.29, 0.717) is 6.04 Å². The molecular formula is C10H16N4OS2. The van der Waals surface area contributed by atoms with E-state index in [4.69, 9.17) is 17.0 Å². The van der Waals surface area contributed by atoms with Crippen molar-refractivity contribution in [2.45, 2.75) is 12.5 Å². The fourth-order valence-electron chi connectivity index (χ4n) is 2.51. The normalized spacial score (nSPS) is 26.6. The summed E-state index contributed by atoms with van der Waals surface area (Å²) < 4.78 is 6.15. The zero-order chi connectivity index (χ0) is 11.7. The van der Waals surface area contributed by atoms with Gasteiger partial charge in [0.2, 0.25) is 5.13 Å². The second-order valence-electron chi connectivity index (χ2n) is 4.43. The molecule has 2 aliphatic heterocycles. The van der Waals surface area contributed by atoms with Gasteiger partial charge in [-0.15, -0.1) is 5.10 Å². The molecule has 1 unspecified atom stereocenters. The molecule has 2 aliphatic rings. The molecule has 7 heteroatoms. The van der Waals surface area contributed by atoms with Crippen LogP contribution in [-0.2, 0) is 4.74 Å². The maximum atomic E-state index is 5.39. The van der Waals surface area contributed by atoms with Crippen LogP contribution in [0.5, 0.6) is 0 Å². The molecular weight excluding hydrogens is 256 g/mol. The van der Waals surface area contributed by atoms with Crippen molar-refractivity contribution in [3.8, 4) is 0 Å². The van der Waals surface area contributed by atoms with Crippen LogP contribution in [-0.4, -0.2) is 60.5 Å². The Morgan fingerprint density at radius 2 is 2.18 bits per heavy atom. The largest absolute Gasteiger partial charge is 0.379 e. The Morgan fingerprint density at radius 1 is 1.35 bits per heavy atom. The third kappa shape index (κ3) is 2.52. The minimum absolute atomic E-state index is 0.649. The van der Waals surface area contributed by atoms with Gasteiger partial charge in [-0.2, -0.15) is 0 Å². The molecule has 5 nitrogen and oxygen atoms in total. The molecule has 3 heterocycles. The van der Waals surface area contributed by atoms with Crippen LogP contribution >= 0.6 is 23.6 Å². The first-order valence-corrected chi connectivity index (χ1v) is 7.17. The van der Waals surface area contributed by atoms with Crippen molar-refractivity contribution in [3.05, 3.63) is 3.95 Å². The molecule has 1 atom stereocenters. The van der Waals surface area contributed by atoms with Crippen molar-refractivity contribution in [2.24, 2.45) is 0 Å². The van der Waals surface area contributed by atoms with E-state index in [1.54, 1.807) is 11.3 Å². The summed E-state index contributed by atoms with van der Waals surface area (Å²) in [4.78, 5) is 4.87. The van der Waals surface area contributed by atoms with E-state index in [9.17, 15) is 0 Å². The van der Waals surface area contributed by atoms with Gasteiger partial charge in [0.05, 0.1) is 13.2 Å². The quantitative estimate of drug-likeness (QED) is 0.817. The number of ether oxygens (including phenoxy) is 1. The Hall–Kier alpha value is -0.500. The summed E-state index contributed by atoms with van der Waals surface area (Å²) in [5.41, 5.74) is 0. The van der Waals surface area contributed by atoms with Gasteiger partial charge in [-0.3, -0.25) is 10.00 Å². The van der Waals surface area contributed by atoms with Crippen molar-refractivity contribution < 1.29 is 4.74 Å². The van der Waals surface area contributed by atoms with E-state index in [1.165, 1.54) is 6.42 Å². The van der Waals surface area contributed by atoms with E-state index < -0.39 is 0 Å². The van der Waals surface area contributed by atoms with Crippen LogP contribution in [0, 0.1) is 3.95 Å². The highest BCUT2D eigenvalue weighted by Crippen LogP contribution is 2.25. The maximum absolute atomic E-state index is 5.39. The van der Waals surface area contributed by atoms with Gasteiger partial charge in [-0.25, -0.2) is 0 Å². The monoisotopic (exact) mass is 272 g/mol. The second-order valence-corrected chi connectivity index (χ2v) is 6.08. The number of hydrogen-bond acceptors (Lipinski definition) is 6. The van der Waals surface area contributed by atoms with Crippen molar-refractivity contribution in [2.75, 3.05) is 44.3 Å². The summed E-state index contributed by atoms with van der Waals surface area (Å²) in [5.74, 6) is 0. The number of H-pyrrole nitrogens is 1. The van der Waals surface area contributed by atoms with Gasteiger partial charge in [0.1, 0.15) is 0 Å². The third-order valence-corrected chi connectivity index (χ3v) is 4.57. The molecule has 17 heavy (non-hydrogen) atoms. The van der Waals surface area contributed by atoms with E-state index in [2.05, 4.69) is 20.0 Å². The zero-order valence-corrected chi connectivity index (χ0v) is 11.2. The molecule has 0 aromatic carbocycles. The van der Waals surface area contributed by atoms with E-state index in [1.807, 2.05) is 0 Å². The third-order valence-electron chi connectivity index (χ3n) is 3.42. The summed E-state index contributed by atoms with van der Waals surface area (Å²) in [6.07, 6.45) is 1.21. The van der Waals surface area contributed by atoms with Crippen molar-refractivity contribution in [1.82, 2.24) is 15.1 Å². The second kappa shape index (κ2) is 5.01. The van der Waals surface area contributed by atoms with Gasteiger partial charge in [0.25, 0.3) is 0 Å². The average Bonchev–Trinajstić information content (AvgIpc) is 2.98. The van der Waals surface area contributed by atoms with Gasteiger partial charge in [0, 0.05) is 32.2 Å². The smallest absolute Gasteiger partial charge is 0.206 e. The number of rotatable bonds is 2. The molecule has 1 aromatic rings. The van der Waals surface area contributed by atoms with E-state index >= 15 is 0 Å². The Morgan fingerprint density at radius 3 is 2.88 bits per heavy atom. The number of anilines is 1. The Balaban J connectivity index is 1.63.